The Morgan fingerprint density at radius 1 is 1.33 bits per heavy atom. The molecule has 94 valence electrons. The molecule has 0 bridgehead atoms. The lowest BCUT2D eigenvalue weighted by molar-refractivity contribution is -0.112. The Bertz CT molecular complexity index is 539. The highest BCUT2D eigenvalue weighted by Gasteiger charge is 2.26. The number of aromatic nitrogens is 2. The van der Waals surface area contributed by atoms with Crippen molar-refractivity contribution in [2.45, 2.75) is 5.92 Å². The minimum absolute atomic E-state index is 0.268. The highest BCUT2D eigenvalue weighted by atomic mass is 35.5. The fourth-order valence-corrected chi connectivity index (χ4v) is 1.78. The first-order chi connectivity index (χ1) is 8.59. The topological polar surface area (TPSA) is 59.2 Å². The lowest BCUT2D eigenvalue weighted by atomic mass is 10.00. The van der Waals surface area contributed by atoms with E-state index in [0.29, 0.717) is 6.01 Å². The molecule has 6 heteroatoms. The van der Waals surface area contributed by atoms with Gasteiger partial charge >= 0.3 is 6.01 Å². The second-order valence-electron chi connectivity index (χ2n) is 3.98. The van der Waals surface area contributed by atoms with Gasteiger partial charge in [0.15, 0.2) is 5.82 Å². The van der Waals surface area contributed by atoms with E-state index in [0.717, 1.165) is 5.56 Å². The Morgan fingerprint density at radius 3 is 2.50 bits per heavy atom. The summed E-state index contributed by atoms with van der Waals surface area (Å²) in [4.78, 5) is 17.4. The molecule has 1 aromatic heterocycles. The van der Waals surface area contributed by atoms with Crippen LogP contribution in [0.5, 0.6) is 0 Å². The zero-order valence-corrected chi connectivity index (χ0v) is 10.8. The number of hydrogen-bond acceptors (Lipinski definition) is 5. The maximum absolute atomic E-state index is 11.6. The van der Waals surface area contributed by atoms with Gasteiger partial charge in [-0.05, 0) is 17.2 Å². The first-order valence-electron chi connectivity index (χ1n) is 5.35. The molecular formula is C12H12ClN3O2. The summed E-state index contributed by atoms with van der Waals surface area (Å²) in [6.07, 6.45) is 0. The van der Waals surface area contributed by atoms with Crippen LogP contribution in [0.4, 0.5) is 6.01 Å². The Kier molecular flexibility index (Phi) is 3.62. The van der Waals surface area contributed by atoms with E-state index in [4.69, 9.17) is 16.1 Å². The van der Waals surface area contributed by atoms with Crippen molar-refractivity contribution < 1.29 is 9.32 Å². The Morgan fingerprint density at radius 2 is 2.00 bits per heavy atom. The number of nitrogens with zero attached hydrogens (tertiary/aromatic N) is 3. The molecule has 0 amide bonds. The number of halogens is 1. The molecule has 0 aliphatic heterocycles. The van der Waals surface area contributed by atoms with Crippen molar-refractivity contribution in [2.75, 3.05) is 19.0 Å². The average Bonchev–Trinajstić information content (AvgIpc) is 2.79. The molecule has 0 fully saturated rings. The lowest BCUT2D eigenvalue weighted by Gasteiger charge is -2.08. The summed E-state index contributed by atoms with van der Waals surface area (Å²) in [6, 6.07) is 9.46. The van der Waals surface area contributed by atoms with E-state index in [1.807, 2.05) is 18.2 Å². The van der Waals surface area contributed by atoms with Crippen LogP contribution in [0.25, 0.3) is 0 Å². The lowest BCUT2D eigenvalue weighted by Crippen LogP contribution is -2.12. The summed E-state index contributed by atoms with van der Waals surface area (Å²) in [5.41, 5.74) is 0.739. The van der Waals surface area contributed by atoms with Gasteiger partial charge < -0.3 is 9.42 Å². The van der Waals surface area contributed by atoms with Gasteiger partial charge in [-0.25, -0.2) is 0 Å². The SMILES string of the molecule is CN(C)c1nc(C(C(=O)Cl)c2ccccc2)no1. The van der Waals surface area contributed by atoms with Crippen LogP contribution >= 0.6 is 11.6 Å². The third kappa shape index (κ3) is 2.51. The third-order valence-electron chi connectivity index (χ3n) is 2.43. The van der Waals surface area contributed by atoms with Crippen molar-refractivity contribution in [3.8, 4) is 0 Å². The van der Waals surface area contributed by atoms with Crippen LogP contribution in [0.3, 0.4) is 0 Å². The molecule has 0 aliphatic carbocycles. The molecule has 1 unspecified atom stereocenters. The third-order valence-corrected chi connectivity index (χ3v) is 2.65. The quantitative estimate of drug-likeness (QED) is 0.792. The van der Waals surface area contributed by atoms with E-state index in [2.05, 4.69) is 10.1 Å². The number of carbonyl (C=O) groups excluding carboxylic acids is 1. The van der Waals surface area contributed by atoms with Crippen LogP contribution in [0, 0.1) is 0 Å². The number of carbonyl (C=O) groups is 1. The van der Waals surface area contributed by atoms with E-state index in [-0.39, 0.29) is 5.82 Å². The first kappa shape index (κ1) is 12.6. The van der Waals surface area contributed by atoms with E-state index in [9.17, 15) is 4.79 Å². The zero-order valence-electron chi connectivity index (χ0n) is 10.0. The highest BCUT2D eigenvalue weighted by molar-refractivity contribution is 6.65. The molecule has 0 N–H and O–H groups in total. The second-order valence-corrected chi connectivity index (χ2v) is 4.35. The number of rotatable bonds is 4. The molecule has 1 heterocycles. The summed E-state index contributed by atoms with van der Waals surface area (Å²) in [5.74, 6) is -0.435. The van der Waals surface area contributed by atoms with Gasteiger partial charge in [0.2, 0.25) is 5.24 Å². The molecule has 5 nitrogen and oxygen atoms in total. The number of hydrogen-bond donors (Lipinski definition) is 0. The predicted octanol–water partition coefficient (Wildman–Crippen LogP) is 2.03. The molecule has 2 aromatic rings. The predicted molar refractivity (Wildman–Crippen MR) is 67.8 cm³/mol. The Labute approximate surface area is 109 Å². The minimum atomic E-state index is -0.703. The van der Waals surface area contributed by atoms with Gasteiger partial charge in [-0.3, -0.25) is 4.79 Å². The fraction of sp³-hybridized carbons (Fsp3) is 0.250. The highest BCUT2D eigenvalue weighted by Crippen LogP contribution is 2.25. The van der Waals surface area contributed by atoms with Crippen molar-refractivity contribution in [1.29, 1.82) is 0 Å². The van der Waals surface area contributed by atoms with Gasteiger partial charge in [0, 0.05) is 14.1 Å². The molecule has 0 saturated heterocycles. The van der Waals surface area contributed by atoms with E-state index < -0.39 is 11.2 Å². The molecule has 0 aliphatic rings. The van der Waals surface area contributed by atoms with Crippen molar-refractivity contribution in [1.82, 2.24) is 10.1 Å². The van der Waals surface area contributed by atoms with Gasteiger partial charge in [0.25, 0.3) is 0 Å². The summed E-state index contributed by atoms with van der Waals surface area (Å²) < 4.78 is 5.03. The molecular weight excluding hydrogens is 254 g/mol. The molecule has 1 aromatic carbocycles. The van der Waals surface area contributed by atoms with Crippen LogP contribution in [0.2, 0.25) is 0 Å². The van der Waals surface area contributed by atoms with Crippen LogP contribution < -0.4 is 4.90 Å². The Balaban J connectivity index is 2.39. The molecule has 1 atom stereocenters. The van der Waals surface area contributed by atoms with Crippen LogP contribution in [0.1, 0.15) is 17.3 Å². The summed E-state index contributed by atoms with van der Waals surface area (Å²) >= 11 is 5.63. The summed E-state index contributed by atoms with van der Waals surface area (Å²) in [7, 11) is 3.55. The molecule has 2 rings (SSSR count). The zero-order chi connectivity index (χ0) is 13.1. The van der Waals surface area contributed by atoms with Gasteiger partial charge in [0.05, 0.1) is 0 Å². The van der Waals surface area contributed by atoms with Gasteiger partial charge in [-0.1, -0.05) is 35.5 Å². The van der Waals surface area contributed by atoms with Crippen molar-refractivity contribution in [3.63, 3.8) is 0 Å². The molecule has 0 saturated carbocycles. The maximum atomic E-state index is 11.6. The van der Waals surface area contributed by atoms with Crippen LogP contribution in [0.15, 0.2) is 34.9 Å². The van der Waals surface area contributed by atoms with Gasteiger partial charge in [-0.2, -0.15) is 4.98 Å². The van der Waals surface area contributed by atoms with Gasteiger partial charge in [-0.15, -0.1) is 0 Å². The largest absolute Gasteiger partial charge is 0.331 e. The van der Waals surface area contributed by atoms with Gasteiger partial charge in [0.1, 0.15) is 5.92 Å². The van der Waals surface area contributed by atoms with Crippen molar-refractivity contribution in [2.24, 2.45) is 0 Å². The Hall–Kier alpha value is -1.88. The molecule has 0 radical (unpaired) electrons. The second kappa shape index (κ2) is 5.18. The van der Waals surface area contributed by atoms with Crippen molar-refractivity contribution in [3.05, 3.63) is 41.7 Å². The maximum Gasteiger partial charge on any atom is 0.323 e. The summed E-state index contributed by atoms with van der Waals surface area (Å²) in [5, 5.41) is 3.27. The smallest absolute Gasteiger partial charge is 0.323 e. The van der Waals surface area contributed by atoms with Crippen molar-refractivity contribution >= 4 is 22.9 Å². The first-order valence-corrected chi connectivity index (χ1v) is 5.72. The number of benzene rings is 1. The van der Waals surface area contributed by atoms with E-state index >= 15 is 0 Å². The summed E-state index contributed by atoms with van der Waals surface area (Å²) in [6.45, 7) is 0. The van der Waals surface area contributed by atoms with E-state index in [1.165, 1.54) is 0 Å². The minimum Gasteiger partial charge on any atom is -0.331 e. The van der Waals surface area contributed by atoms with E-state index in [1.54, 1.807) is 31.1 Å². The van der Waals surface area contributed by atoms with Crippen LogP contribution in [-0.4, -0.2) is 29.5 Å². The number of anilines is 1. The normalized spacial score (nSPS) is 12.2. The molecule has 18 heavy (non-hydrogen) atoms. The average molecular weight is 266 g/mol. The molecule has 0 spiro atoms. The monoisotopic (exact) mass is 265 g/mol. The van der Waals surface area contributed by atoms with Crippen LogP contribution in [-0.2, 0) is 4.79 Å². The fourth-order valence-electron chi connectivity index (χ4n) is 1.55. The standard InChI is InChI=1S/C12H12ClN3O2/c1-16(2)12-14-11(15-18-12)9(10(13)17)8-6-4-3-5-7-8/h3-7,9H,1-2H3.